The van der Waals surface area contributed by atoms with Crippen molar-refractivity contribution in [1.29, 1.82) is 0 Å². The van der Waals surface area contributed by atoms with Gasteiger partial charge in [-0.2, -0.15) is 5.10 Å². The van der Waals surface area contributed by atoms with Crippen LogP contribution in [0.3, 0.4) is 0 Å². The average molecular weight is 306 g/mol. The summed E-state index contributed by atoms with van der Waals surface area (Å²) in [6, 6.07) is 10.3. The van der Waals surface area contributed by atoms with Gasteiger partial charge in [0.15, 0.2) is 0 Å². The smallest absolute Gasteiger partial charge is 0.0492 e. The molecule has 1 N–H and O–H groups in total. The van der Waals surface area contributed by atoms with E-state index in [0.29, 0.717) is 5.92 Å². The van der Waals surface area contributed by atoms with Crippen molar-refractivity contribution in [2.45, 2.75) is 32.1 Å². The summed E-state index contributed by atoms with van der Waals surface area (Å²) in [6.07, 6.45) is 5.17. The first-order valence-corrected chi connectivity index (χ1v) is 8.01. The second kappa shape index (κ2) is 8.20. The lowest BCUT2D eigenvalue weighted by Crippen LogP contribution is -2.23. The lowest BCUT2D eigenvalue weighted by atomic mass is 9.93. The minimum atomic E-state index is 0.503. The molecule has 0 fully saturated rings. The molecule has 1 unspecified atom stereocenters. The van der Waals surface area contributed by atoms with Gasteiger partial charge < -0.3 is 5.32 Å². The molecule has 1 atom stereocenters. The Kier molecular flexibility index (Phi) is 6.27. The van der Waals surface area contributed by atoms with E-state index < -0.39 is 0 Å². The quantitative estimate of drug-likeness (QED) is 0.752. The number of hydrogen-bond donors (Lipinski definition) is 1. The predicted molar refractivity (Wildman–Crippen MR) is 88.9 cm³/mol. The number of benzene rings is 1. The van der Waals surface area contributed by atoms with Crippen LogP contribution in [0.25, 0.3) is 0 Å². The van der Waals surface area contributed by atoms with E-state index in [2.05, 4.69) is 35.5 Å². The van der Waals surface area contributed by atoms with E-state index in [0.717, 1.165) is 37.4 Å². The fraction of sp³-hybridized carbons (Fsp3) is 0.471. The summed E-state index contributed by atoms with van der Waals surface area (Å²) in [5, 5.41) is 8.57. The molecule has 0 bridgehead atoms. The maximum Gasteiger partial charge on any atom is 0.0492 e. The highest BCUT2D eigenvalue weighted by Crippen LogP contribution is 2.23. The van der Waals surface area contributed by atoms with Gasteiger partial charge in [-0.25, -0.2) is 0 Å². The van der Waals surface area contributed by atoms with Gasteiger partial charge in [0.25, 0.3) is 0 Å². The van der Waals surface area contributed by atoms with Crippen molar-refractivity contribution in [3.8, 4) is 0 Å². The zero-order chi connectivity index (χ0) is 15.1. The van der Waals surface area contributed by atoms with Gasteiger partial charge in [0, 0.05) is 30.5 Å². The molecule has 1 aromatic carbocycles. The largest absolute Gasteiger partial charge is 0.316 e. The van der Waals surface area contributed by atoms with Gasteiger partial charge in [-0.3, -0.25) is 4.68 Å². The van der Waals surface area contributed by atoms with Crippen molar-refractivity contribution in [2.75, 3.05) is 13.1 Å². The van der Waals surface area contributed by atoms with Crippen LogP contribution < -0.4 is 5.32 Å². The third-order valence-corrected chi connectivity index (χ3v) is 4.08. The van der Waals surface area contributed by atoms with E-state index in [1.807, 2.05) is 30.1 Å². The molecular formula is C17H24ClN3. The molecule has 1 aromatic heterocycles. The fourth-order valence-electron chi connectivity index (χ4n) is 2.54. The predicted octanol–water partition coefficient (Wildman–Crippen LogP) is 3.79. The Hall–Kier alpha value is -1.32. The second-order valence-electron chi connectivity index (χ2n) is 5.44. The molecule has 2 aromatic rings. The van der Waals surface area contributed by atoms with Gasteiger partial charge in [-0.15, -0.1) is 0 Å². The monoisotopic (exact) mass is 305 g/mol. The summed E-state index contributed by atoms with van der Waals surface area (Å²) >= 11 is 6.00. The first-order valence-electron chi connectivity index (χ1n) is 7.63. The summed E-state index contributed by atoms with van der Waals surface area (Å²) in [4.78, 5) is 0. The molecule has 2 rings (SSSR count). The van der Waals surface area contributed by atoms with E-state index in [-0.39, 0.29) is 0 Å². The molecule has 0 saturated carbocycles. The van der Waals surface area contributed by atoms with Gasteiger partial charge in [-0.1, -0.05) is 30.7 Å². The number of hydrogen-bond acceptors (Lipinski definition) is 2. The van der Waals surface area contributed by atoms with Gasteiger partial charge in [0.2, 0.25) is 0 Å². The van der Waals surface area contributed by atoms with Crippen LogP contribution in [0.2, 0.25) is 5.02 Å². The Bertz CT molecular complexity index is 533. The highest BCUT2D eigenvalue weighted by molar-refractivity contribution is 6.30. The Morgan fingerprint density at radius 1 is 1.24 bits per heavy atom. The average Bonchev–Trinajstić information content (AvgIpc) is 2.89. The van der Waals surface area contributed by atoms with E-state index in [9.17, 15) is 0 Å². The molecular weight excluding hydrogens is 282 g/mol. The molecule has 0 spiro atoms. The Balaban J connectivity index is 2.01. The minimum absolute atomic E-state index is 0.503. The van der Waals surface area contributed by atoms with Crippen molar-refractivity contribution >= 4 is 11.6 Å². The lowest BCUT2D eigenvalue weighted by Gasteiger charge is -2.18. The molecule has 3 nitrogen and oxygen atoms in total. The molecule has 0 saturated heterocycles. The van der Waals surface area contributed by atoms with Crippen LogP contribution in [0.5, 0.6) is 0 Å². The lowest BCUT2D eigenvalue weighted by molar-refractivity contribution is 0.538. The summed E-state index contributed by atoms with van der Waals surface area (Å²) in [5.41, 5.74) is 2.63. The third kappa shape index (κ3) is 4.87. The summed E-state index contributed by atoms with van der Waals surface area (Å²) in [5.74, 6) is 0.503. The maximum atomic E-state index is 6.00. The molecule has 0 amide bonds. The maximum absolute atomic E-state index is 6.00. The fourth-order valence-corrected chi connectivity index (χ4v) is 2.67. The van der Waals surface area contributed by atoms with Crippen molar-refractivity contribution in [1.82, 2.24) is 15.1 Å². The van der Waals surface area contributed by atoms with Crippen LogP contribution in [-0.4, -0.2) is 22.9 Å². The number of aryl methyl sites for hydroxylation is 2. The van der Waals surface area contributed by atoms with Crippen LogP contribution >= 0.6 is 11.6 Å². The van der Waals surface area contributed by atoms with Crippen LogP contribution in [-0.2, 0) is 13.5 Å². The van der Waals surface area contributed by atoms with Gasteiger partial charge in [-0.05, 0) is 55.5 Å². The first kappa shape index (κ1) is 16.1. The normalized spacial score (nSPS) is 12.5. The highest BCUT2D eigenvalue weighted by atomic mass is 35.5. The Labute approximate surface area is 132 Å². The minimum Gasteiger partial charge on any atom is -0.316 e. The summed E-state index contributed by atoms with van der Waals surface area (Å²) in [6.45, 7) is 4.27. The topological polar surface area (TPSA) is 29.9 Å². The number of nitrogens with one attached hydrogen (secondary N) is 1. The van der Waals surface area contributed by atoms with E-state index in [4.69, 9.17) is 11.6 Å². The summed E-state index contributed by atoms with van der Waals surface area (Å²) < 4.78 is 1.96. The second-order valence-corrected chi connectivity index (χ2v) is 5.87. The van der Waals surface area contributed by atoms with Crippen LogP contribution in [0.15, 0.2) is 36.5 Å². The van der Waals surface area contributed by atoms with Crippen molar-refractivity contribution in [2.24, 2.45) is 7.05 Å². The van der Waals surface area contributed by atoms with E-state index in [1.54, 1.807) is 0 Å². The zero-order valence-electron chi connectivity index (χ0n) is 12.8. The molecule has 0 aliphatic rings. The number of aromatic nitrogens is 2. The zero-order valence-corrected chi connectivity index (χ0v) is 13.6. The molecule has 0 aliphatic heterocycles. The van der Waals surface area contributed by atoms with Crippen LogP contribution in [0.1, 0.15) is 36.9 Å². The molecule has 0 radical (unpaired) electrons. The van der Waals surface area contributed by atoms with Gasteiger partial charge in [0.1, 0.15) is 0 Å². The van der Waals surface area contributed by atoms with Gasteiger partial charge in [0.05, 0.1) is 0 Å². The SMILES string of the molecule is CCCNCC(CCc1ccnn1C)c1ccc(Cl)cc1. The molecule has 4 heteroatoms. The van der Waals surface area contributed by atoms with Crippen LogP contribution in [0, 0.1) is 0 Å². The van der Waals surface area contributed by atoms with Crippen molar-refractivity contribution in [3.63, 3.8) is 0 Å². The molecule has 21 heavy (non-hydrogen) atoms. The Morgan fingerprint density at radius 3 is 2.62 bits per heavy atom. The first-order chi connectivity index (χ1) is 10.2. The van der Waals surface area contributed by atoms with Crippen LogP contribution in [0.4, 0.5) is 0 Å². The third-order valence-electron chi connectivity index (χ3n) is 3.83. The standard InChI is InChI=1S/C17H24ClN3/c1-3-11-19-13-15(14-4-7-16(18)8-5-14)6-9-17-10-12-20-21(17)2/h4-5,7-8,10,12,15,19H,3,6,9,11,13H2,1-2H3. The molecule has 1 heterocycles. The number of rotatable bonds is 8. The molecule has 0 aliphatic carbocycles. The van der Waals surface area contributed by atoms with Gasteiger partial charge >= 0.3 is 0 Å². The number of halogens is 1. The van der Waals surface area contributed by atoms with Crippen molar-refractivity contribution in [3.05, 3.63) is 52.8 Å². The van der Waals surface area contributed by atoms with E-state index >= 15 is 0 Å². The highest BCUT2D eigenvalue weighted by Gasteiger charge is 2.12. The number of nitrogens with zero attached hydrogens (tertiary/aromatic N) is 2. The van der Waals surface area contributed by atoms with E-state index in [1.165, 1.54) is 11.3 Å². The summed E-state index contributed by atoms with van der Waals surface area (Å²) in [7, 11) is 2.00. The van der Waals surface area contributed by atoms with Crippen molar-refractivity contribution < 1.29 is 0 Å². The Morgan fingerprint density at radius 2 is 2.00 bits per heavy atom. The molecule has 114 valence electrons.